The molecular weight excluding hydrogens is 247 g/mol. The molecule has 0 bridgehead atoms. The van der Waals surface area contributed by atoms with Crippen LogP contribution >= 0.6 is 0 Å². The average Bonchev–Trinajstić information content (AvgIpc) is 2.35. The standard InChI is InChI=1S/C12H12F3NO2/c1-17-11(18-2,12(13,14)15)10(8-16)9-6-4-3-5-7-9/h3-7,10H,1-2H3. The second kappa shape index (κ2) is 5.38. The second-order valence-corrected chi connectivity index (χ2v) is 3.55. The van der Waals surface area contributed by atoms with Crippen molar-refractivity contribution >= 4 is 0 Å². The van der Waals surface area contributed by atoms with Crippen molar-refractivity contribution in [2.24, 2.45) is 0 Å². The zero-order valence-corrected chi connectivity index (χ0v) is 9.86. The van der Waals surface area contributed by atoms with Crippen LogP contribution in [0.15, 0.2) is 30.3 Å². The van der Waals surface area contributed by atoms with Crippen molar-refractivity contribution in [3.63, 3.8) is 0 Å². The van der Waals surface area contributed by atoms with Crippen LogP contribution in [0.4, 0.5) is 13.2 Å². The van der Waals surface area contributed by atoms with Gasteiger partial charge in [0.25, 0.3) is 5.79 Å². The molecule has 1 aromatic rings. The summed E-state index contributed by atoms with van der Waals surface area (Å²) < 4.78 is 48.3. The van der Waals surface area contributed by atoms with Crippen molar-refractivity contribution < 1.29 is 22.6 Å². The molecule has 3 nitrogen and oxygen atoms in total. The van der Waals surface area contributed by atoms with Crippen molar-refractivity contribution in [1.29, 1.82) is 5.26 Å². The van der Waals surface area contributed by atoms with Gasteiger partial charge < -0.3 is 9.47 Å². The molecule has 0 aliphatic carbocycles. The van der Waals surface area contributed by atoms with Crippen LogP contribution < -0.4 is 0 Å². The van der Waals surface area contributed by atoms with Crippen LogP contribution in [0, 0.1) is 11.3 Å². The third-order valence-electron chi connectivity index (χ3n) is 2.64. The molecule has 0 aliphatic rings. The Bertz CT molecular complexity index is 421. The second-order valence-electron chi connectivity index (χ2n) is 3.55. The highest BCUT2D eigenvalue weighted by molar-refractivity contribution is 5.28. The zero-order valence-electron chi connectivity index (χ0n) is 9.86. The van der Waals surface area contributed by atoms with E-state index >= 15 is 0 Å². The molecule has 1 rings (SSSR count). The molecule has 0 N–H and O–H groups in total. The first-order valence-corrected chi connectivity index (χ1v) is 5.04. The van der Waals surface area contributed by atoms with Gasteiger partial charge in [-0.3, -0.25) is 0 Å². The van der Waals surface area contributed by atoms with Gasteiger partial charge in [-0.1, -0.05) is 30.3 Å². The fourth-order valence-corrected chi connectivity index (χ4v) is 1.74. The van der Waals surface area contributed by atoms with Gasteiger partial charge in [-0.05, 0) is 5.56 Å². The minimum Gasteiger partial charge on any atom is -0.345 e. The monoisotopic (exact) mass is 259 g/mol. The van der Waals surface area contributed by atoms with Crippen LogP contribution in [0.2, 0.25) is 0 Å². The van der Waals surface area contributed by atoms with Crippen LogP contribution in [0.25, 0.3) is 0 Å². The van der Waals surface area contributed by atoms with E-state index in [1.165, 1.54) is 12.1 Å². The van der Waals surface area contributed by atoms with Gasteiger partial charge in [-0.15, -0.1) is 0 Å². The summed E-state index contributed by atoms with van der Waals surface area (Å²) in [5.74, 6) is -4.57. The van der Waals surface area contributed by atoms with Gasteiger partial charge in [0.2, 0.25) is 0 Å². The number of rotatable bonds is 4. The quantitative estimate of drug-likeness (QED) is 0.781. The number of alkyl halides is 3. The van der Waals surface area contributed by atoms with E-state index < -0.39 is 17.9 Å². The maximum Gasteiger partial charge on any atom is 0.445 e. The molecule has 1 unspecified atom stereocenters. The minimum absolute atomic E-state index is 0.182. The summed E-state index contributed by atoms with van der Waals surface area (Å²) in [6.45, 7) is 0. The number of hydrogen-bond acceptors (Lipinski definition) is 3. The average molecular weight is 259 g/mol. The van der Waals surface area contributed by atoms with Crippen LogP contribution in [-0.2, 0) is 9.47 Å². The summed E-state index contributed by atoms with van der Waals surface area (Å²) in [5.41, 5.74) is 0.182. The molecule has 0 heterocycles. The Morgan fingerprint density at radius 1 is 1.11 bits per heavy atom. The Hall–Kier alpha value is -1.58. The summed E-state index contributed by atoms with van der Waals surface area (Å²) in [7, 11) is 1.73. The summed E-state index contributed by atoms with van der Waals surface area (Å²) in [5, 5.41) is 9.03. The molecule has 0 radical (unpaired) electrons. The minimum atomic E-state index is -4.83. The molecule has 6 heteroatoms. The lowest BCUT2D eigenvalue weighted by atomic mass is 9.91. The molecule has 0 aromatic heterocycles. The van der Waals surface area contributed by atoms with E-state index in [9.17, 15) is 13.2 Å². The van der Waals surface area contributed by atoms with Crippen LogP contribution in [0.1, 0.15) is 11.5 Å². The van der Waals surface area contributed by atoms with Crippen molar-refractivity contribution in [2.45, 2.75) is 17.9 Å². The smallest absolute Gasteiger partial charge is 0.345 e. The number of hydrogen-bond donors (Lipinski definition) is 0. The maximum absolute atomic E-state index is 13.1. The van der Waals surface area contributed by atoms with Gasteiger partial charge in [0, 0.05) is 14.2 Å². The van der Waals surface area contributed by atoms with E-state index in [1.807, 2.05) is 0 Å². The Labute approximate surface area is 103 Å². The van der Waals surface area contributed by atoms with E-state index in [0.717, 1.165) is 14.2 Å². The topological polar surface area (TPSA) is 42.2 Å². The lowest BCUT2D eigenvalue weighted by Crippen LogP contribution is -2.53. The van der Waals surface area contributed by atoms with Crippen LogP contribution in [-0.4, -0.2) is 26.2 Å². The Morgan fingerprint density at radius 3 is 1.94 bits per heavy atom. The fourth-order valence-electron chi connectivity index (χ4n) is 1.74. The third kappa shape index (κ3) is 2.33. The van der Waals surface area contributed by atoms with Gasteiger partial charge in [0.15, 0.2) is 0 Å². The van der Waals surface area contributed by atoms with Gasteiger partial charge in [-0.25, -0.2) is 0 Å². The third-order valence-corrected chi connectivity index (χ3v) is 2.64. The number of benzene rings is 1. The first kappa shape index (κ1) is 14.5. The van der Waals surface area contributed by atoms with Gasteiger partial charge in [0.1, 0.15) is 5.92 Å². The van der Waals surface area contributed by atoms with E-state index in [1.54, 1.807) is 24.3 Å². The normalized spacial score (nSPS) is 14.0. The van der Waals surface area contributed by atoms with Gasteiger partial charge in [0.05, 0.1) is 6.07 Å². The number of nitriles is 1. The molecule has 18 heavy (non-hydrogen) atoms. The molecule has 98 valence electrons. The van der Waals surface area contributed by atoms with Crippen LogP contribution in [0.3, 0.4) is 0 Å². The zero-order chi connectivity index (χ0) is 13.8. The first-order chi connectivity index (χ1) is 8.43. The van der Waals surface area contributed by atoms with E-state index in [0.29, 0.717) is 0 Å². The molecule has 0 saturated heterocycles. The largest absolute Gasteiger partial charge is 0.445 e. The van der Waals surface area contributed by atoms with Gasteiger partial charge >= 0.3 is 6.18 Å². The molecule has 1 aromatic carbocycles. The summed E-state index contributed by atoms with van der Waals surface area (Å²) in [4.78, 5) is 0. The molecule has 1 atom stereocenters. The number of nitrogens with zero attached hydrogens (tertiary/aromatic N) is 1. The molecular formula is C12H12F3NO2. The molecule has 0 amide bonds. The molecule has 0 fully saturated rings. The van der Waals surface area contributed by atoms with E-state index in [-0.39, 0.29) is 5.56 Å². The lowest BCUT2D eigenvalue weighted by molar-refractivity contribution is -0.370. The lowest BCUT2D eigenvalue weighted by Gasteiger charge is -2.36. The SMILES string of the molecule is COC(OC)(C(C#N)c1ccccc1)C(F)(F)F. The number of ether oxygens (including phenoxy) is 2. The fraction of sp³-hybridized carbons (Fsp3) is 0.417. The Kier molecular flexibility index (Phi) is 4.33. The predicted molar refractivity (Wildman–Crippen MR) is 57.6 cm³/mol. The number of halogens is 3. The summed E-state index contributed by atoms with van der Waals surface area (Å²) >= 11 is 0. The highest BCUT2D eigenvalue weighted by Crippen LogP contribution is 2.44. The summed E-state index contributed by atoms with van der Waals surface area (Å²) in [6, 6.07) is 9.18. The molecule has 0 saturated carbocycles. The number of methoxy groups -OCH3 is 2. The molecule has 0 aliphatic heterocycles. The van der Waals surface area contributed by atoms with Crippen molar-refractivity contribution in [3.8, 4) is 6.07 Å². The predicted octanol–water partition coefficient (Wildman–Crippen LogP) is 2.85. The summed E-state index contributed by atoms with van der Waals surface area (Å²) in [6.07, 6.45) is -4.83. The van der Waals surface area contributed by atoms with Crippen molar-refractivity contribution in [3.05, 3.63) is 35.9 Å². The van der Waals surface area contributed by atoms with Crippen molar-refractivity contribution in [1.82, 2.24) is 0 Å². The van der Waals surface area contributed by atoms with Crippen molar-refractivity contribution in [2.75, 3.05) is 14.2 Å². The van der Waals surface area contributed by atoms with E-state index in [2.05, 4.69) is 9.47 Å². The maximum atomic E-state index is 13.1. The Morgan fingerprint density at radius 2 is 1.61 bits per heavy atom. The van der Waals surface area contributed by atoms with Crippen LogP contribution in [0.5, 0.6) is 0 Å². The molecule has 0 spiro atoms. The first-order valence-electron chi connectivity index (χ1n) is 5.04. The van der Waals surface area contributed by atoms with Gasteiger partial charge in [-0.2, -0.15) is 18.4 Å². The highest BCUT2D eigenvalue weighted by Gasteiger charge is 2.62. The Balaban J connectivity index is 3.32. The highest BCUT2D eigenvalue weighted by atomic mass is 19.4. The van der Waals surface area contributed by atoms with E-state index in [4.69, 9.17) is 5.26 Å².